The Hall–Kier alpha value is -2.43. The zero-order valence-electron chi connectivity index (χ0n) is 10.7. The van der Waals surface area contributed by atoms with Crippen LogP contribution in [0, 0.1) is 27.8 Å². The van der Waals surface area contributed by atoms with Crippen molar-refractivity contribution in [2.75, 3.05) is 6.61 Å². The van der Waals surface area contributed by atoms with Gasteiger partial charge in [0, 0.05) is 21.9 Å². The number of aliphatic hydroxyl groups excluding tert-OH is 1. The average Bonchev–Trinajstić information content (AvgIpc) is 2.91. The van der Waals surface area contributed by atoms with E-state index in [1.807, 2.05) is 0 Å². The average molecular weight is 307 g/mol. The molecule has 2 rings (SSSR count). The molecule has 7 heteroatoms. The molecule has 0 fully saturated rings. The molecule has 0 spiro atoms. The zero-order valence-corrected chi connectivity index (χ0v) is 11.5. The van der Waals surface area contributed by atoms with Gasteiger partial charge in [0.2, 0.25) is 0 Å². The van der Waals surface area contributed by atoms with Crippen LogP contribution >= 0.6 is 11.3 Å². The Morgan fingerprint density at radius 3 is 2.90 bits per heavy atom. The maximum atomic E-state index is 13.6. The summed E-state index contributed by atoms with van der Waals surface area (Å²) in [5.41, 5.74) is 0.425. The fraction of sp³-hybridized carbons (Fsp3) is 0.143. The van der Waals surface area contributed by atoms with Gasteiger partial charge in [0.25, 0.3) is 5.69 Å². The van der Waals surface area contributed by atoms with Gasteiger partial charge in [0.05, 0.1) is 11.0 Å². The van der Waals surface area contributed by atoms with E-state index >= 15 is 0 Å². The number of rotatable bonds is 4. The van der Waals surface area contributed by atoms with Crippen molar-refractivity contribution < 1.29 is 19.2 Å². The Morgan fingerprint density at radius 2 is 2.24 bits per heavy atom. The van der Waals surface area contributed by atoms with Crippen LogP contribution in [-0.2, 0) is 6.61 Å². The highest BCUT2D eigenvalue weighted by Gasteiger charge is 2.11. The normalized spacial score (nSPS) is 9.81. The number of thiophene rings is 1. The van der Waals surface area contributed by atoms with Crippen molar-refractivity contribution in [3.8, 4) is 17.6 Å². The van der Waals surface area contributed by atoms with Gasteiger partial charge in [-0.1, -0.05) is 11.8 Å². The second-order valence-corrected chi connectivity index (χ2v) is 4.92. The minimum absolute atomic E-state index is 0.0445. The summed E-state index contributed by atoms with van der Waals surface area (Å²) in [7, 11) is 0. The van der Waals surface area contributed by atoms with Crippen LogP contribution in [0.1, 0.15) is 10.4 Å². The number of hydrogen-bond acceptors (Lipinski definition) is 5. The van der Waals surface area contributed by atoms with Crippen LogP contribution in [0.2, 0.25) is 0 Å². The van der Waals surface area contributed by atoms with E-state index in [2.05, 4.69) is 11.8 Å². The number of hydrogen-bond donors (Lipinski definition) is 1. The van der Waals surface area contributed by atoms with Crippen molar-refractivity contribution in [2.45, 2.75) is 6.61 Å². The predicted molar refractivity (Wildman–Crippen MR) is 75.7 cm³/mol. The number of ether oxygens (including phenoxy) is 1. The first-order valence-electron chi connectivity index (χ1n) is 5.84. The molecular weight excluding hydrogens is 297 g/mol. The molecule has 0 saturated carbocycles. The molecule has 0 amide bonds. The maximum Gasteiger partial charge on any atom is 0.272 e. The second-order valence-electron chi connectivity index (χ2n) is 3.92. The predicted octanol–water partition coefficient (Wildman–Crippen LogP) is 2.72. The highest BCUT2D eigenvalue weighted by atomic mass is 32.1. The number of nitro benzene ring substituents is 1. The van der Waals surface area contributed by atoms with Gasteiger partial charge >= 0.3 is 0 Å². The van der Waals surface area contributed by atoms with E-state index in [9.17, 15) is 14.5 Å². The second kappa shape index (κ2) is 6.83. The van der Waals surface area contributed by atoms with Crippen LogP contribution in [0.4, 0.5) is 10.1 Å². The van der Waals surface area contributed by atoms with Crippen molar-refractivity contribution in [2.24, 2.45) is 0 Å². The Morgan fingerprint density at radius 1 is 1.43 bits per heavy atom. The molecule has 0 aliphatic rings. The molecule has 0 bridgehead atoms. The molecule has 0 aliphatic heterocycles. The minimum Gasteiger partial charge on any atom is -0.485 e. The van der Waals surface area contributed by atoms with Crippen molar-refractivity contribution in [3.05, 3.63) is 56.0 Å². The maximum absolute atomic E-state index is 13.6. The fourth-order valence-corrected chi connectivity index (χ4v) is 2.26. The van der Waals surface area contributed by atoms with E-state index < -0.39 is 10.7 Å². The van der Waals surface area contributed by atoms with E-state index in [0.717, 1.165) is 16.5 Å². The van der Waals surface area contributed by atoms with Crippen LogP contribution in [-0.4, -0.2) is 16.6 Å². The van der Waals surface area contributed by atoms with E-state index in [1.165, 1.54) is 23.5 Å². The largest absolute Gasteiger partial charge is 0.485 e. The van der Waals surface area contributed by atoms with E-state index in [1.54, 1.807) is 11.4 Å². The third-order valence-electron chi connectivity index (χ3n) is 2.46. The quantitative estimate of drug-likeness (QED) is 0.535. The molecule has 2 aromatic rings. The number of halogens is 1. The molecule has 0 aliphatic carbocycles. The molecule has 108 valence electrons. The first kappa shape index (κ1) is 15.0. The standard InChI is InChI=1S/C14H10FNO4S/c15-13-7-11(16(18)19)3-4-14(13)20-8-12-6-10(9-21-12)2-1-5-17/h3-4,6-7,9,17H,5,8H2. The number of aliphatic hydroxyl groups is 1. The summed E-state index contributed by atoms with van der Waals surface area (Å²) in [6.07, 6.45) is 0. The number of benzene rings is 1. The molecule has 1 aromatic heterocycles. The van der Waals surface area contributed by atoms with E-state index in [-0.39, 0.29) is 24.7 Å². The third-order valence-corrected chi connectivity index (χ3v) is 3.37. The van der Waals surface area contributed by atoms with Crippen molar-refractivity contribution in [1.29, 1.82) is 0 Å². The molecular formula is C14H10FNO4S. The van der Waals surface area contributed by atoms with Crippen LogP contribution in [0.25, 0.3) is 0 Å². The van der Waals surface area contributed by atoms with Gasteiger partial charge in [0.15, 0.2) is 11.6 Å². The van der Waals surface area contributed by atoms with Gasteiger partial charge in [-0.15, -0.1) is 11.3 Å². The number of nitrogens with zero attached hydrogens (tertiary/aromatic N) is 1. The summed E-state index contributed by atoms with van der Waals surface area (Å²) in [5.74, 6) is 4.45. The summed E-state index contributed by atoms with van der Waals surface area (Å²) < 4.78 is 18.9. The molecule has 5 nitrogen and oxygen atoms in total. The highest BCUT2D eigenvalue weighted by molar-refractivity contribution is 7.10. The lowest BCUT2D eigenvalue weighted by Gasteiger charge is -2.05. The lowest BCUT2D eigenvalue weighted by atomic mass is 10.3. The van der Waals surface area contributed by atoms with Gasteiger partial charge in [-0.2, -0.15) is 0 Å². The molecule has 0 radical (unpaired) electrons. The van der Waals surface area contributed by atoms with E-state index in [0.29, 0.717) is 0 Å². The first-order chi connectivity index (χ1) is 10.1. The molecule has 21 heavy (non-hydrogen) atoms. The van der Waals surface area contributed by atoms with Gasteiger partial charge in [-0.05, 0) is 12.1 Å². The lowest BCUT2D eigenvalue weighted by molar-refractivity contribution is -0.385. The summed E-state index contributed by atoms with van der Waals surface area (Å²) in [4.78, 5) is 10.7. The Labute approximate surface area is 123 Å². The SMILES string of the molecule is O=[N+]([O-])c1ccc(OCc2cc(C#CCO)cs2)c(F)c1. The summed E-state index contributed by atoms with van der Waals surface area (Å²) >= 11 is 1.39. The van der Waals surface area contributed by atoms with Gasteiger partial charge in [-0.3, -0.25) is 10.1 Å². The summed E-state index contributed by atoms with van der Waals surface area (Å²) in [6.45, 7) is -0.0735. The molecule has 0 atom stereocenters. The minimum atomic E-state index is -0.777. The van der Waals surface area contributed by atoms with Crippen LogP contribution in [0.5, 0.6) is 5.75 Å². The van der Waals surface area contributed by atoms with Gasteiger partial charge < -0.3 is 9.84 Å². The summed E-state index contributed by atoms with van der Waals surface area (Å²) in [5, 5.41) is 20.9. The third kappa shape index (κ3) is 4.02. The monoisotopic (exact) mass is 307 g/mol. The van der Waals surface area contributed by atoms with Crippen molar-refractivity contribution in [1.82, 2.24) is 0 Å². The molecule has 0 unspecified atom stereocenters. The van der Waals surface area contributed by atoms with Crippen molar-refractivity contribution >= 4 is 17.0 Å². The molecule has 1 aromatic carbocycles. The summed E-state index contributed by atoms with van der Waals surface area (Å²) in [6, 6.07) is 5.01. The Balaban J connectivity index is 2.03. The van der Waals surface area contributed by atoms with Crippen LogP contribution in [0.3, 0.4) is 0 Å². The topological polar surface area (TPSA) is 72.6 Å². The van der Waals surface area contributed by atoms with Crippen LogP contribution < -0.4 is 4.74 Å². The highest BCUT2D eigenvalue weighted by Crippen LogP contribution is 2.24. The molecule has 0 saturated heterocycles. The number of non-ortho nitro benzene ring substituents is 1. The molecule has 1 N–H and O–H groups in total. The zero-order chi connectivity index (χ0) is 15.2. The Kier molecular flexibility index (Phi) is 4.87. The van der Waals surface area contributed by atoms with E-state index in [4.69, 9.17) is 9.84 Å². The van der Waals surface area contributed by atoms with Crippen LogP contribution in [0.15, 0.2) is 29.6 Å². The van der Waals surface area contributed by atoms with Gasteiger partial charge in [-0.25, -0.2) is 4.39 Å². The van der Waals surface area contributed by atoms with Crippen molar-refractivity contribution in [3.63, 3.8) is 0 Å². The smallest absolute Gasteiger partial charge is 0.272 e. The van der Waals surface area contributed by atoms with Gasteiger partial charge in [0.1, 0.15) is 13.2 Å². The molecule has 1 heterocycles. The lowest BCUT2D eigenvalue weighted by Crippen LogP contribution is -1.97. The first-order valence-corrected chi connectivity index (χ1v) is 6.72. The Bertz CT molecular complexity index is 717. The number of nitro groups is 1. The fourth-order valence-electron chi connectivity index (χ4n) is 1.53.